The standard InChI is InChI=1S/C24H24N4O3S/c1-30-20-11-9-19(10-12-20)23-25-26-24(32)28(23)14-13-22(29)27(17-21-8-5-15-31-21)16-18-6-3-2-4-7-18/h2-12,15H,13-14,16-17H2,1H3,(H,26,32). The van der Waals surface area contributed by atoms with Crippen molar-refractivity contribution >= 4 is 18.1 Å². The molecule has 0 aliphatic heterocycles. The summed E-state index contributed by atoms with van der Waals surface area (Å²) in [7, 11) is 1.63. The molecule has 2 aromatic carbocycles. The topological polar surface area (TPSA) is 76.3 Å². The third-order valence-electron chi connectivity index (χ3n) is 5.15. The van der Waals surface area contributed by atoms with E-state index < -0.39 is 0 Å². The molecule has 1 N–H and O–H groups in total. The second-order valence-corrected chi connectivity index (χ2v) is 7.68. The average molecular weight is 449 g/mol. The lowest BCUT2D eigenvalue weighted by atomic mass is 10.2. The van der Waals surface area contributed by atoms with E-state index in [1.807, 2.05) is 71.3 Å². The molecule has 0 saturated carbocycles. The van der Waals surface area contributed by atoms with E-state index in [2.05, 4.69) is 10.2 Å². The number of nitrogens with zero attached hydrogens (tertiary/aromatic N) is 3. The first-order valence-corrected chi connectivity index (χ1v) is 10.7. The second-order valence-electron chi connectivity index (χ2n) is 7.30. The van der Waals surface area contributed by atoms with Crippen LogP contribution in [0.15, 0.2) is 77.4 Å². The highest BCUT2D eigenvalue weighted by atomic mass is 32.1. The van der Waals surface area contributed by atoms with Crippen molar-refractivity contribution in [3.63, 3.8) is 0 Å². The van der Waals surface area contributed by atoms with E-state index in [9.17, 15) is 4.79 Å². The molecule has 1 amide bonds. The molecule has 8 heteroatoms. The monoisotopic (exact) mass is 448 g/mol. The molecule has 0 saturated heterocycles. The number of carbonyl (C=O) groups excluding carboxylic acids is 1. The zero-order valence-electron chi connectivity index (χ0n) is 17.7. The fourth-order valence-electron chi connectivity index (χ4n) is 3.48. The van der Waals surface area contributed by atoms with Gasteiger partial charge in [0.15, 0.2) is 10.6 Å². The number of aromatic nitrogens is 3. The van der Waals surface area contributed by atoms with Crippen molar-refractivity contribution in [2.75, 3.05) is 7.11 Å². The van der Waals surface area contributed by atoms with Gasteiger partial charge in [0.1, 0.15) is 11.5 Å². The summed E-state index contributed by atoms with van der Waals surface area (Å²) in [5.41, 5.74) is 1.95. The molecule has 0 fully saturated rings. The van der Waals surface area contributed by atoms with Crippen LogP contribution in [0.5, 0.6) is 5.75 Å². The summed E-state index contributed by atoms with van der Waals surface area (Å²) < 4.78 is 13.0. The molecule has 164 valence electrons. The first-order valence-electron chi connectivity index (χ1n) is 10.3. The Labute approximate surface area is 191 Å². The van der Waals surface area contributed by atoms with Crippen LogP contribution in [0.4, 0.5) is 0 Å². The first-order chi connectivity index (χ1) is 15.6. The maximum Gasteiger partial charge on any atom is 0.225 e. The molecular formula is C24H24N4O3S. The number of ether oxygens (including phenoxy) is 1. The van der Waals surface area contributed by atoms with E-state index in [4.69, 9.17) is 21.4 Å². The summed E-state index contributed by atoms with van der Waals surface area (Å²) in [5, 5.41) is 7.20. The summed E-state index contributed by atoms with van der Waals surface area (Å²) in [6.45, 7) is 1.32. The van der Waals surface area contributed by atoms with Crippen LogP contribution in [0.3, 0.4) is 0 Å². The number of carbonyl (C=O) groups is 1. The first kappa shape index (κ1) is 21.6. The highest BCUT2D eigenvalue weighted by Gasteiger charge is 2.18. The molecule has 2 heterocycles. The van der Waals surface area contributed by atoms with Gasteiger partial charge in [-0.05, 0) is 54.2 Å². The van der Waals surface area contributed by atoms with Crippen LogP contribution in [0.25, 0.3) is 11.4 Å². The van der Waals surface area contributed by atoms with E-state index in [1.165, 1.54) is 0 Å². The van der Waals surface area contributed by atoms with Crippen LogP contribution in [-0.2, 0) is 24.4 Å². The van der Waals surface area contributed by atoms with Gasteiger partial charge in [-0.15, -0.1) is 0 Å². The van der Waals surface area contributed by atoms with Crippen molar-refractivity contribution < 1.29 is 13.9 Å². The predicted molar refractivity (Wildman–Crippen MR) is 123 cm³/mol. The van der Waals surface area contributed by atoms with Crippen LogP contribution < -0.4 is 4.74 Å². The van der Waals surface area contributed by atoms with Gasteiger partial charge in [0.25, 0.3) is 0 Å². The second kappa shape index (κ2) is 10.1. The number of methoxy groups -OCH3 is 1. The smallest absolute Gasteiger partial charge is 0.225 e. The fourth-order valence-corrected chi connectivity index (χ4v) is 3.70. The van der Waals surface area contributed by atoms with Crippen molar-refractivity contribution in [1.82, 2.24) is 19.7 Å². The summed E-state index contributed by atoms with van der Waals surface area (Å²) in [4.78, 5) is 15.0. The highest BCUT2D eigenvalue weighted by Crippen LogP contribution is 2.21. The van der Waals surface area contributed by atoms with E-state index in [0.717, 1.165) is 22.6 Å². The summed E-state index contributed by atoms with van der Waals surface area (Å²) in [6, 6.07) is 21.2. The largest absolute Gasteiger partial charge is 0.497 e. The Morgan fingerprint density at radius 2 is 1.88 bits per heavy atom. The lowest BCUT2D eigenvalue weighted by Crippen LogP contribution is -2.30. The Hall–Kier alpha value is -3.65. The van der Waals surface area contributed by atoms with Crippen LogP contribution in [0.1, 0.15) is 17.7 Å². The van der Waals surface area contributed by atoms with Gasteiger partial charge in [-0.1, -0.05) is 30.3 Å². The minimum atomic E-state index is 0.00836. The number of furan rings is 1. The Bertz CT molecular complexity index is 1200. The highest BCUT2D eigenvalue weighted by molar-refractivity contribution is 7.71. The molecule has 0 radical (unpaired) electrons. The number of aromatic amines is 1. The van der Waals surface area contributed by atoms with Crippen LogP contribution in [-0.4, -0.2) is 32.7 Å². The van der Waals surface area contributed by atoms with Crippen LogP contribution in [0.2, 0.25) is 0 Å². The normalized spacial score (nSPS) is 10.8. The van der Waals surface area contributed by atoms with Gasteiger partial charge in [-0.3, -0.25) is 14.5 Å². The number of nitrogens with one attached hydrogen (secondary N) is 1. The summed E-state index contributed by atoms with van der Waals surface area (Å²) in [6.07, 6.45) is 1.90. The van der Waals surface area contributed by atoms with Crippen LogP contribution in [0, 0.1) is 4.77 Å². The van der Waals surface area contributed by atoms with E-state index in [0.29, 0.717) is 30.2 Å². The fraction of sp³-hybridized carbons (Fsp3) is 0.208. The van der Waals surface area contributed by atoms with Gasteiger partial charge < -0.3 is 14.1 Å². The van der Waals surface area contributed by atoms with Gasteiger partial charge in [-0.2, -0.15) is 5.10 Å². The van der Waals surface area contributed by atoms with Gasteiger partial charge in [0, 0.05) is 25.1 Å². The molecule has 7 nitrogen and oxygen atoms in total. The lowest BCUT2D eigenvalue weighted by Gasteiger charge is -2.22. The van der Waals surface area contributed by atoms with Crippen molar-refractivity contribution in [2.45, 2.75) is 26.1 Å². The van der Waals surface area contributed by atoms with Crippen molar-refractivity contribution in [1.29, 1.82) is 0 Å². The Morgan fingerprint density at radius 3 is 2.56 bits per heavy atom. The van der Waals surface area contributed by atoms with E-state index in [-0.39, 0.29) is 12.3 Å². The lowest BCUT2D eigenvalue weighted by molar-refractivity contribution is -0.133. The molecule has 4 aromatic rings. The van der Waals surface area contributed by atoms with Gasteiger partial charge >= 0.3 is 0 Å². The Balaban J connectivity index is 1.50. The summed E-state index contributed by atoms with van der Waals surface area (Å²) >= 11 is 5.42. The maximum absolute atomic E-state index is 13.2. The molecule has 0 bridgehead atoms. The maximum atomic E-state index is 13.2. The average Bonchev–Trinajstić information content (AvgIpc) is 3.47. The number of rotatable bonds is 9. The molecule has 0 aliphatic rings. The number of amides is 1. The SMILES string of the molecule is COc1ccc(-c2n[nH]c(=S)n2CCC(=O)N(Cc2ccccc2)Cc2ccco2)cc1. The van der Waals surface area contributed by atoms with Crippen molar-refractivity contribution in [3.8, 4) is 17.1 Å². The molecule has 0 spiro atoms. The van der Waals surface area contributed by atoms with Gasteiger partial charge in [0.05, 0.1) is 19.9 Å². The number of benzene rings is 2. The minimum absolute atomic E-state index is 0.00836. The van der Waals surface area contributed by atoms with Crippen molar-refractivity contribution in [2.24, 2.45) is 0 Å². The van der Waals surface area contributed by atoms with Crippen LogP contribution >= 0.6 is 12.2 Å². The minimum Gasteiger partial charge on any atom is -0.497 e. The molecule has 0 aliphatic carbocycles. The van der Waals surface area contributed by atoms with E-state index in [1.54, 1.807) is 18.3 Å². The third kappa shape index (κ3) is 5.15. The molecule has 4 rings (SSSR count). The van der Waals surface area contributed by atoms with E-state index >= 15 is 0 Å². The molecular weight excluding hydrogens is 424 g/mol. The van der Waals surface area contributed by atoms with Gasteiger partial charge in [-0.25, -0.2) is 0 Å². The quantitative estimate of drug-likeness (QED) is 0.371. The number of hydrogen-bond donors (Lipinski definition) is 1. The van der Waals surface area contributed by atoms with Gasteiger partial charge in [0.2, 0.25) is 5.91 Å². The Morgan fingerprint density at radius 1 is 1.09 bits per heavy atom. The summed E-state index contributed by atoms with van der Waals surface area (Å²) in [5.74, 6) is 2.20. The zero-order chi connectivity index (χ0) is 22.3. The number of hydrogen-bond acceptors (Lipinski definition) is 5. The molecule has 32 heavy (non-hydrogen) atoms. The molecule has 0 atom stereocenters. The molecule has 0 unspecified atom stereocenters. The predicted octanol–water partition coefficient (Wildman–Crippen LogP) is 4.83. The zero-order valence-corrected chi connectivity index (χ0v) is 18.5. The Kier molecular flexibility index (Phi) is 6.81. The number of H-pyrrole nitrogens is 1. The third-order valence-corrected chi connectivity index (χ3v) is 5.46. The molecule has 2 aromatic heterocycles. The van der Waals surface area contributed by atoms with Crippen molar-refractivity contribution in [3.05, 3.63) is 89.1 Å².